The standard InChI is InChI=1S/C6H8F3NO/c7-6(8,9)4-2-1-3-10-5(4)11/h4H,1-3H2,(H,10,11)/t4-/m1/s1. The molecule has 11 heavy (non-hydrogen) atoms. The third-order valence-corrected chi connectivity index (χ3v) is 1.68. The van der Waals surface area contributed by atoms with Crippen LogP contribution in [0.2, 0.25) is 0 Å². The van der Waals surface area contributed by atoms with E-state index in [-0.39, 0.29) is 6.42 Å². The maximum Gasteiger partial charge on any atom is 0.400 e. The molecule has 1 heterocycles. The fourth-order valence-corrected chi connectivity index (χ4v) is 1.08. The smallest absolute Gasteiger partial charge is 0.356 e. The quantitative estimate of drug-likeness (QED) is 0.574. The van der Waals surface area contributed by atoms with Gasteiger partial charge >= 0.3 is 6.18 Å². The lowest BCUT2D eigenvalue weighted by Crippen LogP contribution is -2.43. The fraction of sp³-hybridized carbons (Fsp3) is 0.833. The molecule has 1 amide bonds. The van der Waals surface area contributed by atoms with Crippen molar-refractivity contribution < 1.29 is 18.0 Å². The van der Waals surface area contributed by atoms with Gasteiger partial charge in [-0.15, -0.1) is 0 Å². The van der Waals surface area contributed by atoms with Crippen LogP contribution in [0.4, 0.5) is 13.2 Å². The largest absolute Gasteiger partial charge is 0.400 e. The van der Waals surface area contributed by atoms with E-state index in [9.17, 15) is 18.0 Å². The van der Waals surface area contributed by atoms with Crippen molar-refractivity contribution >= 4 is 5.91 Å². The predicted molar refractivity (Wildman–Crippen MR) is 31.8 cm³/mol. The number of piperidine rings is 1. The van der Waals surface area contributed by atoms with Crippen molar-refractivity contribution in [1.29, 1.82) is 0 Å². The van der Waals surface area contributed by atoms with E-state index in [0.717, 1.165) is 0 Å². The topological polar surface area (TPSA) is 29.1 Å². The highest BCUT2D eigenvalue weighted by atomic mass is 19.4. The molecule has 0 aliphatic carbocycles. The van der Waals surface area contributed by atoms with Crippen LogP contribution >= 0.6 is 0 Å². The number of carbonyl (C=O) groups is 1. The summed E-state index contributed by atoms with van der Waals surface area (Å²) in [6.45, 7) is 0.366. The average Bonchev–Trinajstić information content (AvgIpc) is 1.86. The Hall–Kier alpha value is -0.740. The lowest BCUT2D eigenvalue weighted by molar-refractivity contribution is -0.186. The zero-order valence-corrected chi connectivity index (χ0v) is 5.74. The van der Waals surface area contributed by atoms with Crippen LogP contribution in [-0.4, -0.2) is 18.6 Å². The lowest BCUT2D eigenvalue weighted by atomic mass is 9.98. The summed E-state index contributed by atoms with van der Waals surface area (Å²) in [7, 11) is 0. The Kier molecular flexibility index (Phi) is 2.06. The minimum absolute atomic E-state index is 0.0741. The highest BCUT2D eigenvalue weighted by Gasteiger charge is 2.45. The second kappa shape index (κ2) is 2.71. The van der Waals surface area contributed by atoms with E-state index in [2.05, 4.69) is 5.32 Å². The Morgan fingerprint density at radius 3 is 2.45 bits per heavy atom. The van der Waals surface area contributed by atoms with Gasteiger partial charge in [-0.05, 0) is 12.8 Å². The van der Waals surface area contributed by atoms with E-state index in [1.807, 2.05) is 0 Å². The summed E-state index contributed by atoms with van der Waals surface area (Å²) in [4.78, 5) is 10.6. The van der Waals surface area contributed by atoms with Crippen LogP contribution in [0.3, 0.4) is 0 Å². The highest BCUT2D eigenvalue weighted by molar-refractivity contribution is 5.80. The van der Waals surface area contributed by atoms with Crippen molar-refractivity contribution in [1.82, 2.24) is 5.32 Å². The molecule has 5 heteroatoms. The number of rotatable bonds is 0. The second-order valence-electron chi connectivity index (χ2n) is 2.53. The number of alkyl halides is 3. The molecule has 0 bridgehead atoms. The monoisotopic (exact) mass is 167 g/mol. The number of halogens is 3. The van der Waals surface area contributed by atoms with Crippen molar-refractivity contribution in [3.8, 4) is 0 Å². The molecule has 1 atom stereocenters. The zero-order valence-electron chi connectivity index (χ0n) is 5.74. The molecular formula is C6H8F3NO. The summed E-state index contributed by atoms with van der Waals surface area (Å²) >= 11 is 0. The maximum atomic E-state index is 11.9. The van der Waals surface area contributed by atoms with Crippen LogP contribution in [0, 0.1) is 5.92 Å². The van der Waals surface area contributed by atoms with Crippen LogP contribution in [0.1, 0.15) is 12.8 Å². The second-order valence-corrected chi connectivity index (χ2v) is 2.53. The molecule has 1 rings (SSSR count). The van der Waals surface area contributed by atoms with Gasteiger partial charge < -0.3 is 5.32 Å². The van der Waals surface area contributed by atoms with Gasteiger partial charge in [0.25, 0.3) is 0 Å². The Morgan fingerprint density at radius 1 is 1.45 bits per heavy atom. The molecule has 1 aliphatic rings. The molecule has 0 radical (unpaired) electrons. The fourth-order valence-electron chi connectivity index (χ4n) is 1.08. The summed E-state index contributed by atoms with van der Waals surface area (Å²) in [5.41, 5.74) is 0. The van der Waals surface area contributed by atoms with E-state index in [1.165, 1.54) is 0 Å². The minimum Gasteiger partial charge on any atom is -0.356 e. The molecule has 0 saturated carbocycles. The number of carbonyl (C=O) groups excluding carboxylic acids is 1. The summed E-state index contributed by atoms with van der Waals surface area (Å²) < 4.78 is 35.8. The van der Waals surface area contributed by atoms with Crippen molar-refractivity contribution in [2.75, 3.05) is 6.54 Å². The van der Waals surface area contributed by atoms with Gasteiger partial charge in [0.2, 0.25) is 5.91 Å². The molecule has 0 spiro atoms. The molecule has 0 unspecified atom stereocenters. The van der Waals surface area contributed by atoms with E-state index >= 15 is 0 Å². The van der Waals surface area contributed by atoms with Crippen molar-refractivity contribution in [3.05, 3.63) is 0 Å². The highest BCUT2D eigenvalue weighted by Crippen LogP contribution is 2.31. The van der Waals surface area contributed by atoms with Gasteiger partial charge in [0.1, 0.15) is 5.92 Å². The minimum atomic E-state index is -4.37. The lowest BCUT2D eigenvalue weighted by Gasteiger charge is -2.23. The molecule has 0 aromatic carbocycles. The number of amides is 1. The van der Waals surface area contributed by atoms with Crippen LogP contribution in [0.5, 0.6) is 0 Å². The van der Waals surface area contributed by atoms with Gasteiger partial charge in [0, 0.05) is 6.54 Å². The summed E-state index contributed by atoms with van der Waals surface area (Å²) in [5.74, 6) is -2.67. The van der Waals surface area contributed by atoms with Gasteiger partial charge in [0.05, 0.1) is 0 Å². The van der Waals surface area contributed by atoms with E-state index in [0.29, 0.717) is 13.0 Å². The molecular weight excluding hydrogens is 159 g/mol. The Balaban J connectivity index is 2.62. The molecule has 1 fully saturated rings. The normalized spacial score (nSPS) is 26.5. The van der Waals surface area contributed by atoms with Gasteiger partial charge in [-0.1, -0.05) is 0 Å². The third-order valence-electron chi connectivity index (χ3n) is 1.68. The average molecular weight is 167 g/mol. The van der Waals surface area contributed by atoms with Gasteiger partial charge in [0.15, 0.2) is 0 Å². The van der Waals surface area contributed by atoms with Crippen LogP contribution in [-0.2, 0) is 4.79 Å². The summed E-state index contributed by atoms with van der Waals surface area (Å²) in [5, 5.41) is 2.18. The molecule has 1 aliphatic heterocycles. The Bertz CT molecular complexity index is 166. The SMILES string of the molecule is O=C1NCCC[C@H]1C(F)(F)F. The van der Waals surface area contributed by atoms with Crippen LogP contribution < -0.4 is 5.32 Å². The van der Waals surface area contributed by atoms with Crippen LogP contribution in [0.25, 0.3) is 0 Å². The van der Waals surface area contributed by atoms with Gasteiger partial charge in [-0.25, -0.2) is 0 Å². The third kappa shape index (κ3) is 1.85. The van der Waals surface area contributed by atoms with Gasteiger partial charge in [-0.3, -0.25) is 4.79 Å². The van der Waals surface area contributed by atoms with Crippen molar-refractivity contribution in [3.63, 3.8) is 0 Å². The Labute approximate surface area is 61.8 Å². The summed E-state index contributed by atoms with van der Waals surface area (Å²) in [6.07, 6.45) is -4.03. The van der Waals surface area contributed by atoms with E-state index in [1.54, 1.807) is 0 Å². The summed E-state index contributed by atoms with van der Waals surface area (Å²) in [6, 6.07) is 0. The van der Waals surface area contributed by atoms with Crippen molar-refractivity contribution in [2.45, 2.75) is 19.0 Å². The first-order valence-corrected chi connectivity index (χ1v) is 3.36. The maximum absolute atomic E-state index is 11.9. The molecule has 64 valence electrons. The Morgan fingerprint density at radius 2 is 2.09 bits per heavy atom. The first kappa shape index (κ1) is 8.36. The first-order chi connectivity index (χ1) is 5.02. The number of nitrogens with one attached hydrogen (secondary N) is 1. The van der Waals surface area contributed by atoms with E-state index in [4.69, 9.17) is 0 Å². The molecule has 0 aromatic rings. The molecule has 0 aromatic heterocycles. The zero-order chi connectivity index (χ0) is 8.48. The van der Waals surface area contributed by atoms with Gasteiger partial charge in [-0.2, -0.15) is 13.2 Å². The number of hydrogen-bond donors (Lipinski definition) is 1. The molecule has 2 nitrogen and oxygen atoms in total. The predicted octanol–water partition coefficient (Wildman–Crippen LogP) is 1.07. The number of hydrogen-bond acceptors (Lipinski definition) is 1. The molecule has 1 saturated heterocycles. The van der Waals surface area contributed by atoms with Crippen molar-refractivity contribution in [2.24, 2.45) is 5.92 Å². The molecule has 1 N–H and O–H groups in total. The first-order valence-electron chi connectivity index (χ1n) is 3.36. The van der Waals surface area contributed by atoms with Crippen LogP contribution in [0.15, 0.2) is 0 Å². The van der Waals surface area contributed by atoms with E-state index < -0.39 is 18.0 Å².